The molecule has 2 heterocycles. The average Bonchev–Trinajstić information content (AvgIpc) is 3.00. The molecular weight excluding hydrogens is 288 g/mol. The predicted octanol–water partition coefficient (Wildman–Crippen LogP) is 2.57. The van der Waals surface area contributed by atoms with E-state index in [1.165, 1.54) is 0 Å². The molecule has 3 rings (SSSR count). The molecule has 0 fully saturated rings. The lowest BCUT2D eigenvalue weighted by Crippen LogP contribution is -2.28. The molecule has 5 nitrogen and oxygen atoms in total. The highest BCUT2D eigenvalue weighted by Crippen LogP contribution is 2.28. The van der Waals surface area contributed by atoms with E-state index >= 15 is 0 Å². The van der Waals surface area contributed by atoms with Gasteiger partial charge in [0.2, 0.25) is 0 Å². The fourth-order valence-electron chi connectivity index (χ4n) is 2.11. The molecule has 2 aromatic rings. The van der Waals surface area contributed by atoms with Crippen LogP contribution in [0.3, 0.4) is 0 Å². The Balaban J connectivity index is 1.76. The van der Waals surface area contributed by atoms with Crippen LogP contribution in [0.4, 0.5) is 5.69 Å². The third-order valence-electron chi connectivity index (χ3n) is 3.19. The van der Waals surface area contributed by atoms with Gasteiger partial charge in [0.25, 0.3) is 11.8 Å². The Morgan fingerprint density at radius 1 is 1.43 bits per heavy atom. The van der Waals surface area contributed by atoms with Crippen molar-refractivity contribution in [3.05, 3.63) is 46.2 Å². The van der Waals surface area contributed by atoms with Crippen molar-refractivity contribution in [3.63, 3.8) is 0 Å². The Labute approximate surface area is 125 Å². The zero-order valence-corrected chi connectivity index (χ0v) is 12.2. The van der Waals surface area contributed by atoms with Crippen molar-refractivity contribution in [2.75, 3.05) is 11.9 Å². The molecule has 1 unspecified atom stereocenters. The van der Waals surface area contributed by atoms with Gasteiger partial charge in [-0.05, 0) is 36.6 Å². The number of amides is 2. The molecule has 0 bridgehead atoms. The van der Waals surface area contributed by atoms with Gasteiger partial charge < -0.3 is 15.4 Å². The Hall–Kier alpha value is -2.34. The maximum Gasteiger partial charge on any atom is 0.262 e. The molecule has 1 aromatic heterocycles. The number of benzene rings is 1. The summed E-state index contributed by atoms with van der Waals surface area (Å²) in [5.41, 5.74) is 1.02. The number of carbonyl (C=O) groups is 2. The van der Waals surface area contributed by atoms with E-state index in [0.717, 1.165) is 4.88 Å². The lowest BCUT2D eigenvalue weighted by Gasteiger charge is -2.19. The summed E-state index contributed by atoms with van der Waals surface area (Å²) in [4.78, 5) is 24.7. The first kappa shape index (κ1) is 13.6. The molecular formula is C15H14N2O3S. The highest BCUT2D eigenvalue weighted by molar-refractivity contribution is 7.10. The van der Waals surface area contributed by atoms with Gasteiger partial charge in [0.1, 0.15) is 5.75 Å². The van der Waals surface area contributed by atoms with Crippen LogP contribution in [-0.4, -0.2) is 18.4 Å². The van der Waals surface area contributed by atoms with Gasteiger partial charge in [-0.2, -0.15) is 0 Å². The SMILES string of the molecule is CC(NC(=O)c1ccc2c(c1)NC(=O)CO2)c1cccs1. The number of ether oxygens (including phenoxy) is 1. The van der Waals surface area contributed by atoms with Crippen molar-refractivity contribution in [3.8, 4) is 5.75 Å². The summed E-state index contributed by atoms with van der Waals surface area (Å²) in [7, 11) is 0. The first-order valence-electron chi connectivity index (χ1n) is 6.54. The maximum atomic E-state index is 12.3. The number of fused-ring (bicyclic) bond motifs is 1. The van der Waals surface area contributed by atoms with Gasteiger partial charge in [-0.15, -0.1) is 11.3 Å². The van der Waals surface area contributed by atoms with Crippen LogP contribution in [0.15, 0.2) is 35.7 Å². The van der Waals surface area contributed by atoms with Gasteiger partial charge in [-0.25, -0.2) is 0 Å². The standard InChI is InChI=1S/C15H14N2O3S/c1-9(13-3-2-6-21-13)16-15(19)10-4-5-12-11(7-10)17-14(18)8-20-12/h2-7,9H,8H2,1H3,(H,16,19)(H,17,18). The van der Waals surface area contributed by atoms with Gasteiger partial charge in [-0.3, -0.25) is 9.59 Å². The molecule has 21 heavy (non-hydrogen) atoms. The van der Waals surface area contributed by atoms with Crippen LogP contribution in [-0.2, 0) is 4.79 Å². The second kappa shape index (κ2) is 5.57. The van der Waals surface area contributed by atoms with Crippen LogP contribution in [0.2, 0.25) is 0 Å². The van der Waals surface area contributed by atoms with Crippen LogP contribution >= 0.6 is 11.3 Å². The molecule has 0 aliphatic carbocycles. The topological polar surface area (TPSA) is 67.4 Å². The predicted molar refractivity (Wildman–Crippen MR) is 80.8 cm³/mol. The number of thiophene rings is 1. The van der Waals surface area contributed by atoms with Crippen molar-refractivity contribution in [1.29, 1.82) is 0 Å². The summed E-state index contributed by atoms with van der Waals surface area (Å²) in [6.07, 6.45) is 0. The summed E-state index contributed by atoms with van der Waals surface area (Å²) in [6.45, 7) is 1.95. The molecule has 2 N–H and O–H groups in total. The lowest BCUT2D eigenvalue weighted by atomic mass is 10.1. The van der Waals surface area contributed by atoms with E-state index in [1.807, 2.05) is 24.4 Å². The highest BCUT2D eigenvalue weighted by atomic mass is 32.1. The summed E-state index contributed by atoms with van der Waals surface area (Å²) in [5.74, 6) is 0.183. The third-order valence-corrected chi connectivity index (χ3v) is 4.25. The number of hydrogen-bond donors (Lipinski definition) is 2. The molecule has 0 saturated carbocycles. The first-order valence-corrected chi connectivity index (χ1v) is 7.42. The second-order valence-electron chi connectivity index (χ2n) is 4.76. The number of anilines is 1. The molecule has 1 aliphatic heterocycles. The van der Waals surface area contributed by atoms with Gasteiger partial charge >= 0.3 is 0 Å². The van der Waals surface area contributed by atoms with Gasteiger partial charge in [0.15, 0.2) is 6.61 Å². The Morgan fingerprint density at radius 2 is 2.29 bits per heavy atom. The Morgan fingerprint density at radius 3 is 3.05 bits per heavy atom. The summed E-state index contributed by atoms with van der Waals surface area (Å²) in [5, 5.41) is 7.60. The number of carbonyl (C=O) groups excluding carboxylic acids is 2. The molecule has 0 saturated heterocycles. The van der Waals surface area contributed by atoms with Gasteiger partial charge in [0, 0.05) is 10.4 Å². The average molecular weight is 302 g/mol. The van der Waals surface area contributed by atoms with Crippen molar-refractivity contribution >= 4 is 28.8 Å². The summed E-state index contributed by atoms with van der Waals surface area (Å²) in [6, 6.07) is 8.89. The number of nitrogens with one attached hydrogen (secondary N) is 2. The molecule has 0 spiro atoms. The first-order chi connectivity index (χ1) is 10.1. The number of rotatable bonds is 3. The fourth-order valence-corrected chi connectivity index (χ4v) is 2.85. The van der Waals surface area contributed by atoms with Crippen molar-refractivity contribution in [2.45, 2.75) is 13.0 Å². The van der Waals surface area contributed by atoms with E-state index in [1.54, 1.807) is 29.5 Å². The van der Waals surface area contributed by atoms with E-state index in [-0.39, 0.29) is 24.5 Å². The van der Waals surface area contributed by atoms with Gasteiger partial charge in [0.05, 0.1) is 11.7 Å². The van der Waals surface area contributed by atoms with E-state index in [0.29, 0.717) is 17.0 Å². The van der Waals surface area contributed by atoms with Crippen LogP contribution < -0.4 is 15.4 Å². The van der Waals surface area contributed by atoms with Crippen LogP contribution in [0, 0.1) is 0 Å². The van der Waals surface area contributed by atoms with E-state index in [4.69, 9.17) is 4.74 Å². The highest BCUT2D eigenvalue weighted by Gasteiger charge is 2.18. The minimum absolute atomic E-state index is 0.00789. The number of hydrogen-bond acceptors (Lipinski definition) is 4. The Bertz CT molecular complexity index is 682. The molecule has 2 amide bonds. The van der Waals surface area contributed by atoms with E-state index < -0.39 is 0 Å². The molecule has 6 heteroatoms. The van der Waals surface area contributed by atoms with Crippen molar-refractivity contribution in [1.82, 2.24) is 5.32 Å². The normalized spacial score (nSPS) is 14.6. The second-order valence-corrected chi connectivity index (χ2v) is 5.74. The minimum Gasteiger partial charge on any atom is -0.482 e. The monoisotopic (exact) mass is 302 g/mol. The lowest BCUT2D eigenvalue weighted by molar-refractivity contribution is -0.118. The quantitative estimate of drug-likeness (QED) is 0.915. The zero-order valence-electron chi connectivity index (χ0n) is 11.4. The van der Waals surface area contributed by atoms with Crippen molar-refractivity contribution in [2.24, 2.45) is 0 Å². The van der Waals surface area contributed by atoms with Crippen molar-refractivity contribution < 1.29 is 14.3 Å². The molecule has 1 atom stereocenters. The van der Waals surface area contributed by atoms with Gasteiger partial charge in [-0.1, -0.05) is 6.07 Å². The summed E-state index contributed by atoms with van der Waals surface area (Å²) >= 11 is 1.60. The van der Waals surface area contributed by atoms with E-state index in [2.05, 4.69) is 10.6 Å². The summed E-state index contributed by atoms with van der Waals surface area (Å²) < 4.78 is 5.27. The zero-order chi connectivity index (χ0) is 14.8. The molecule has 1 aromatic carbocycles. The smallest absolute Gasteiger partial charge is 0.262 e. The largest absolute Gasteiger partial charge is 0.482 e. The van der Waals surface area contributed by atoms with Crippen LogP contribution in [0.25, 0.3) is 0 Å². The van der Waals surface area contributed by atoms with E-state index in [9.17, 15) is 9.59 Å². The molecule has 0 radical (unpaired) electrons. The molecule has 108 valence electrons. The fraction of sp³-hybridized carbons (Fsp3) is 0.200. The Kier molecular flexibility index (Phi) is 3.62. The third kappa shape index (κ3) is 2.90. The minimum atomic E-state index is -0.216. The van der Waals surface area contributed by atoms with Crippen LogP contribution in [0.5, 0.6) is 5.75 Å². The molecule has 1 aliphatic rings. The van der Waals surface area contributed by atoms with Crippen LogP contribution in [0.1, 0.15) is 28.2 Å². The maximum absolute atomic E-state index is 12.3.